The van der Waals surface area contributed by atoms with Gasteiger partial charge < -0.3 is 15.0 Å². The molecule has 0 amide bonds. The van der Waals surface area contributed by atoms with Crippen molar-refractivity contribution in [2.75, 3.05) is 18.1 Å². The van der Waals surface area contributed by atoms with E-state index < -0.39 is 0 Å². The molecule has 2 rings (SSSR count). The van der Waals surface area contributed by atoms with Gasteiger partial charge >= 0.3 is 0 Å². The lowest BCUT2D eigenvalue weighted by Crippen LogP contribution is -2.26. The molecule has 0 atom stereocenters. The van der Waals surface area contributed by atoms with Crippen molar-refractivity contribution in [1.29, 1.82) is 0 Å². The molecular weight excluding hydrogens is 202 g/mol. The third-order valence-electron chi connectivity index (χ3n) is 2.41. The van der Waals surface area contributed by atoms with Crippen molar-refractivity contribution in [3.05, 3.63) is 48.5 Å². The van der Waals surface area contributed by atoms with Crippen LogP contribution in [0.2, 0.25) is 0 Å². The zero-order valence-corrected chi connectivity index (χ0v) is 9.00. The number of nitrogens with one attached hydrogen (secondary N) is 1. The molecule has 0 aliphatic heterocycles. The number of hydrogen-bond acceptors (Lipinski definition) is 3. The maximum atomic E-state index is 9.06. The monoisotopic (exact) mass is 217 g/mol. The van der Waals surface area contributed by atoms with Crippen molar-refractivity contribution in [3.8, 4) is 0 Å². The van der Waals surface area contributed by atoms with E-state index in [1.165, 1.54) is 0 Å². The first kappa shape index (κ1) is 10.7. The van der Waals surface area contributed by atoms with Crippen molar-refractivity contribution in [3.63, 3.8) is 0 Å². The Hall–Kier alpha value is -1.81. The number of imidazole rings is 1. The standard InChI is InChI=1S/C12H15N3O/c16-7-6-15(9-11-8-13-10-14-11)12-4-2-1-3-5-12/h1-5,8,10,16H,6-7,9H2,(H,13,14). The lowest BCUT2D eigenvalue weighted by molar-refractivity contribution is 0.301. The third kappa shape index (κ3) is 2.61. The minimum atomic E-state index is 0.142. The molecule has 0 bridgehead atoms. The Morgan fingerprint density at radius 3 is 2.69 bits per heavy atom. The van der Waals surface area contributed by atoms with Crippen LogP contribution in [0.15, 0.2) is 42.9 Å². The fourth-order valence-corrected chi connectivity index (χ4v) is 1.64. The summed E-state index contributed by atoms with van der Waals surface area (Å²) in [5.74, 6) is 0. The van der Waals surface area contributed by atoms with E-state index in [1.807, 2.05) is 30.3 Å². The maximum Gasteiger partial charge on any atom is 0.0922 e. The molecule has 4 heteroatoms. The largest absolute Gasteiger partial charge is 0.395 e. The summed E-state index contributed by atoms with van der Waals surface area (Å²) >= 11 is 0. The van der Waals surface area contributed by atoms with Crippen LogP contribution in [0.5, 0.6) is 0 Å². The fraction of sp³-hybridized carbons (Fsp3) is 0.250. The van der Waals surface area contributed by atoms with Crippen LogP contribution in [0.25, 0.3) is 0 Å². The van der Waals surface area contributed by atoms with E-state index >= 15 is 0 Å². The quantitative estimate of drug-likeness (QED) is 0.796. The Kier molecular flexibility index (Phi) is 3.56. The average molecular weight is 217 g/mol. The van der Waals surface area contributed by atoms with Crippen LogP contribution in [0.4, 0.5) is 5.69 Å². The number of anilines is 1. The van der Waals surface area contributed by atoms with Gasteiger partial charge in [-0.25, -0.2) is 4.98 Å². The molecule has 0 saturated carbocycles. The van der Waals surface area contributed by atoms with Crippen LogP contribution >= 0.6 is 0 Å². The molecule has 0 aliphatic rings. The van der Waals surface area contributed by atoms with Crippen molar-refractivity contribution in [2.24, 2.45) is 0 Å². The Bertz CT molecular complexity index is 399. The van der Waals surface area contributed by atoms with E-state index in [1.54, 1.807) is 12.5 Å². The summed E-state index contributed by atoms with van der Waals surface area (Å²) in [4.78, 5) is 9.15. The molecule has 0 radical (unpaired) electrons. The summed E-state index contributed by atoms with van der Waals surface area (Å²) in [7, 11) is 0. The van der Waals surface area contributed by atoms with E-state index in [4.69, 9.17) is 5.11 Å². The van der Waals surface area contributed by atoms with Gasteiger partial charge in [0.2, 0.25) is 0 Å². The van der Waals surface area contributed by atoms with Crippen LogP contribution in [0.1, 0.15) is 5.69 Å². The molecule has 0 spiro atoms. The molecule has 0 fully saturated rings. The number of H-pyrrole nitrogens is 1. The number of para-hydroxylation sites is 1. The molecule has 2 N–H and O–H groups in total. The number of benzene rings is 1. The lowest BCUT2D eigenvalue weighted by atomic mass is 10.2. The second-order valence-corrected chi connectivity index (χ2v) is 3.56. The molecule has 0 aliphatic carbocycles. The minimum absolute atomic E-state index is 0.142. The van der Waals surface area contributed by atoms with E-state index in [0.29, 0.717) is 6.54 Å². The number of aromatic nitrogens is 2. The molecule has 0 unspecified atom stereocenters. The minimum Gasteiger partial charge on any atom is -0.395 e. The van der Waals surface area contributed by atoms with Crippen LogP contribution in [-0.4, -0.2) is 28.2 Å². The molecule has 1 heterocycles. The summed E-state index contributed by atoms with van der Waals surface area (Å²) < 4.78 is 0. The van der Waals surface area contributed by atoms with Gasteiger partial charge in [-0.05, 0) is 12.1 Å². The predicted molar refractivity (Wildman–Crippen MR) is 63.2 cm³/mol. The number of aliphatic hydroxyl groups excluding tert-OH is 1. The highest BCUT2D eigenvalue weighted by atomic mass is 16.3. The summed E-state index contributed by atoms with van der Waals surface area (Å²) in [6.07, 6.45) is 3.46. The molecular formula is C12H15N3O. The van der Waals surface area contributed by atoms with Gasteiger partial charge in [0.1, 0.15) is 0 Å². The number of aliphatic hydroxyl groups is 1. The van der Waals surface area contributed by atoms with Crippen molar-refractivity contribution in [2.45, 2.75) is 6.54 Å². The molecule has 0 saturated heterocycles. The lowest BCUT2D eigenvalue weighted by Gasteiger charge is -2.23. The molecule has 1 aromatic heterocycles. The zero-order chi connectivity index (χ0) is 11.2. The Morgan fingerprint density at radius 2 is 2.06 bits per heavy atom. The summed E-state index contributed by atoms with van der Waals surface area (Å²) in [6.45, 7) is 1.48. The molecule has 2 aromatic rings. The van der Waals surface area contributed by atoms with Crippen molar-refractivity contribution < 1.29 is 5.11 Å². The predicted octanol–water partition coefficient (Wildman–Crippen LogP) is 1.41. The number of rotatable bonds is 5. The van der Waals surface area contributed by atoms with Gasteiger partial charge in [0.25, 0.3) is 0 Å². The van der Waals surface area contributed by atoms with Gasteiger partial charge in [-0.1, -0.05) is 18.2 Å². The van der Waals surface area contributed by atoms with Gasteiger partial charge in [0.15, 0.2) is 0 Å². The van der Waals surface area contributed by atoms with Gasteiger partial charge in [-0.15, -0.1) is 0 Å². The molecule has 1 aromatic carbocycles. The normalized spacial score (nSPS) is 10.3. The van der Waals surface area contributed by atoms with Gasteiger partial charge in [0.05, 0.1) is 25.2 Å². The van der Waals surface area contributed by atoms with Crippen molar-refractivity contribution >= 4 is 5.69 Å². The fourth-order valence-electron chi connectivity index (χ4n) is 1.64. The van der Waals surface area contributed by atoms with E-state index in [-0.39, 0.29) is 6.61 Å². The van der Waals surface area contributed by atoms with E-state index in [2.05, 4.69) is 14.9 Å². The van der Waals surface area contributed by atoms with Crippen LogP contribution in [0.3, 0.4) is 0 Å². The van der Waals surface area contributed by atoms with Gasteiger partial charge in [-0.3, -0.25) is 0 Å². The highest BCUT2D eigenvalue weighted by Gasteiger charge is 2.06. The van der Waals surface area contributed by atoms with Crippen LogP contribution < -0.4 is 4.90 Å². The summed E-state index contributed by atoms with van der Waals surface area (Å²) in [5, 5.41) is 9.06. The van der Waals surface area contributed by atoms with Crippen LogP contribution in [-0.2, 0) is 6.54 Å². The first-order valence-electron chi connectivity index (χ1n) is 5.28. The second kappa shape index (κ2) is 5.32. The van der Waals surface area contributed by atoms with Crippen LogP contribution in [0, 0.1) is 0 Å². The smallest absolute Gasteiger partial charge is 0.0922 e. The van der Waals surface area contributed by atoms with E-state index in [9.17, 15) is 0 Å². The zero-order valence-electron chi connectivity index (χ0n) is 9.00. The van der Waals surface area contributed by atoms with Gasteiger partial charge in [0, 0.05) is 18.4 Å². The van der Waals surface area contributed by atoms with Gasteiger partial charge in [-0.2, -0.15) is 0 Å². The summed E-state index contributed by atoms with van der Waals surface area (Å²) in [6, 6.07) is 10.0. The molecule has 84 valence electrons. The molecule has 16 heavy (non-hydrogen) atoms. The second-order valence-electron chi connectivity index (χ2n) is 3.56. The first-order valence-corrected chi connectivity index (χ1v) is 5.28. The first-order chi connectivity index (χ1) is 7.90. The Morgan fingerprint density at radius 1 is 1.25 bits per heavy atom. The van der Waals surface area contributed by atoms with Crippen molar-refractivity contribution in [1.82, 2.24) is 9.97 Å². The Labute approximate surface area is 94.6 Å². The average Bonchev–Trinajstić information content (AvgIpc) is 2.83. The molecule has 4 nitrogen and oxygen atoms in total. The highest BCUT2D eigenvalue weighted by Crippen LogP contribution is 2.15. The number of aromatic amines is 1. The highest BCUT2D eigenvalue weighted by molar-refractivity contribution is 5.46. The topological polar surface area (TPSA) is 52.1 Å². The number of hydrogen-bond donors (Lipinski definition) is 2. The number of nitrogens with zero attached hydrogens (tertiary/aromatic N) is 2. The SMILES string of the molecule is OCCN(Cc1cnc[nH]1)c1ccccc1. The Balaban J connectivity index is 2.11. The third-order valence-corrected chi connectivity index (χ3v) is 2.41. The van der Waals surface area contributed by atoms with E-state index in [0.717, 1.165) is 17.9 Å². The summed E-state index contributed by atoms with van der Waals surface area (Å²) in [5.41, 5.74) is 2.14. The maximum absolute atomic E-state index is 9.06.